The summed E-state index contributed by atoms with van der Waals surface area (Å²) in [6.07, 6.45) is 1.24. The standard InChI is InChI=1S/C20H14F2N4O2/c21-13-5-3-4-12(8-13)19-24-20(28-25-19)18-16-10-27-17(9-26(16)11-23-18)14-6-1-2-7-15(14)22/h1-8,11,17H,9-10H2. The maximum Gasteiger partial charge on any atom is 0.278 e. The van der Waals surface area contributed by atoms with Crippen LogP contribution in [0.3, 0.4) is 0 Å². The van der Waals surface area contributed by atoms with Crippen molar-refractivity contribution in [3.05, 3.63) is 77.8 Å². The molecule has 1 atom stereocenters. The second-order valence-corrected chi connectivity index (χ2v) is 6.45. The number of benzene rings is 2. The van der Waals surface area contributed by atoms with Gasteiger partial charge in [-0.3, -0.25) is 0 Å². The number of aromatic nitrogens is 4. The Labute approximate surface area is 158 Å². The molecule has 2 aromatic carbocycles. The van der Waals surface area contributed by atoms with Crippen molar-refractivity contribution in [3.8, 4) is 23.0 Å². The highest BCUT2D eigenvalue weighted by Gasteiger charge is 2.27. The van der Waals surface area contributed by atoms with Gasteiger partial charge in [0.05, 0.1) is 25.2 Å². The molecule has 5 rings (SSSR count). The highest BCUT2D eigenvalue weighted by Crippen LogP contribution is 2.32. The van der Waals surface area contributed by atoms with Crippen molar-refractivity contribution in [1.29, 1.82) is 0 Å². The fourth-order valence-electron chi connectivity index (χ4n) is 3.29. The van der Waals surface area contributed by atoms with Gasteiger partial charge in [-0.05, 0) is 18.2 Å². The summed E-state index contributed by atoms with van der Waals surface area (Å²) in [5.41, 5.74) is 2.29. The van der Waals surface area contributed by atoms with Gasteiger partial charge in [-0.25, -0.2) is 13.8 Å². The molecule has 0 amide bonds. The van der Waals surface area contributed by atoms with Gasteiger partial charge >= 0.3 is 0 Å². The van der Waals surface area contributed by atoms with Gasteiger partial charge in [-0.1, -0.05) is 35.5 Å². The molecule has 6 nitrogen and oxygen atoms in total. The van der Waals surface area contributed by atoms with Crippen molar-refractivity contribution < 1.29 is 18.0 Å². The van der Waals surface area contributed by atoms with E-state index >= 15 is 0 Å². The van der Waals surface area contributed by atoms with E-state index < -0.39 is 6.10 Å². The summed E-state index contributed by atoms with van der Waals surface area (Å²) in [5.74, 6) is -0.179. The molecule has 3 heterocycles. The first-order chi connectivity index (χ1) is 13.7. The fraction of sp³-hybridized carbons (Fsp3) is 0.150. The number of hydrogen-bond acceptors (Lipinski definition) is 5. The normalized spacial score (nSPS) is 16.1. The van der Waals surface area contributed by atoms with Crippen LogP contribution in [-0.2, 0) is 17.9 Å². The van der Waals surface area contributed by atoms with Crippen molar-refractivity contribution in [2.75, 3.05) is 0 Å². The lowest BCUT2D eigenvalue weighted by Crippen LogP contribution is -2.21. The minimum Gasteiger partial charge on any atom is -0.365 e. The summed E-state index contributed by atoms with van der Waals surface area (Å²) in [6.45, 7) is 0.653. The van der Waals surface area contributed by atoms with Crippen LogP contribution in [0.1, 0.15) is 17.4 Å². The monoisotopic (exact) mass is 380 g/mol. The van der Waals surface area contributed by atoms with E-state index in [0.29, 0.717) is 23.4 Å². The molecular weight excluding hydrogens is 366 g/mol. The van der Waals surface area contributed by atoms with Crippen LogP contribution in [0.15, 0.2) is 59.4 Å². The molecule has 0 saturated heterocycles. The van der Waals surface area contributed by atoms with Crippen molar-refractivity contribution in [2.45, 2.75) is 19.3 Å². The first-order valence-electron chi connectivity index (χ1n) is 8.69. The number of imidazole rings is 1. The molecule has 140 valence electrons. The number of rotatable bonds is 3. The lowest BCUT2D eigenvalue weighted by molar-refractivity contribution is 0.00126. The molecule has 2 aromatic heterocycles. The molecule has 1 aliphatic rings. The second kappa shape index (κ2) is 6.65. The van der Waals surface area contributed by atoms with Crippen LogP contribution in [0.25, 0.3) is 23.0 Å². The smallest absolute Gasteiger partial charge is 0.278 e. The topological polar surface area (TPSA) is 66.0 Å². The summed E-state index contributed by atoms with van der Waals surface area (Å²) in [4.78, 5) is 8.69. The average Bonchev–Trinajstić information content (AvgIpc) is 3.35. The Morgan fingerprint density at radius 1 is 1.07 bits per heavy atom. The Hall–Kier alpha value is -3.39. The zero-order valence-electron chi connectivity index (χ0n) is 14.5. The minimum absolute atomic E-state index is 0.223. The lowest BCUT2D eigenvalue weighted by atomic mass is 10.1. The molecule has 0 spiro atoms. The van der Waals surface area contributed by atoms with Crippen LogP contribution in [0, 0.1) is 11.6 Å². The third kappa shape index (κ3) is 2.87. The van der Waals surface area contributed by atoms with E-state index in [2.05, 4.69) is 15.1 Å². The summed E-state index contributed by atoms with van der Waals surface area (Å²) in [6, 6.07) is 12.5. The van der Waals surface area contributed by atoms with Gasteiger partial charge in [-0.15, -0.1) is 0 Å². The number of nitrogens with zero attached hydrogens (tertiary/aromatic N) is 4. The van der Waals surface area contributed by atoms with Crippen LogP contribution in [0.5, 0.6) is 0 Å². The van der Waals surface area contributed by atoms with Crippen LogP contribution in [0.2, 0.25) is 0 Å². The molecule has 0 bridgehead atoms. The van der Waals surface area contributed by atoms with Crippen LogP contribution >= 0.6 is 0 Å². The molecule has 8 heteroatoms. The number of fused-ring (bicyclic) bond motifs is 1. The summed E-state index contributed by atoms with van der Waals surface area (Å²) in [5, 5.41) is 3.91. The van der Waals surface area contributed by atoms with Crippen LogP contribution < -0.4 is 0 Å². The SMILES string of the molecule is Fc1cccc(-c2noc(-c3ncn4c3COC(c3ccccc3F)C4)n2)c1. The average molecular weight is 380 g/mol. The largest absolute Gasteiger partial charge is 0.365 e. The zero-order chi connectivity index (χ0) is 19.1. The van der Waals surface area contributed by atoms with Gasteiger partial charge in [0.1, 0.15) is 17.7 Å². The molecule has 1 unspecified atom stereocenters. The molecule has 4 aromatic rings. The van der Waals surface area contributed by atoms with E-state index in [0.717, 1.165) is 5.69 Å². The molecule has 0 aliphatic carbocycles. The molecule has 0 N–H and O–H groups in total. The maximum atomic E-state index is 14.0. The Balaban J connectivity index is 1.44. The Bertz CT molecular complexity index is 1150. The molecular formula is C20H14F2N4O2. The van der Waals surface area contributed by atoms with Crippen molar-refractivity contribution in [1.82, 2.24) is 19.7 Å². The van der Waals surface area contributed by atoms with Gasteiger partial charge in [0, 0.05) is 11.1 Å². The highest BCUT2D eigenvalue weighted by molar-refractivity contribution is 5.59. The molecule has 0 fully saturated rings. The second-order valence-electron chi connectivity index (χ2n) is 6.45. The van der Waals surface area contributed by atoms with E-state index in [9.17, 15) is 8.78 Å². The van der Waals surface area contributed by atoms with E-state index in [1.54, 1.807) is 36.7 Å². The molecule has 1 aliphatic heterocycles. The van der Waals surface area contributed by atoms with Gasteiger partial charge in [-0.2, -0.15) is 4.98 Å². The molecule has 28 heavy (non-hydrogen) atoms. The van der Waals surface area contributed by atoms with Gasteiger partial charge < -0.3 is 13.8 Å². The van der Waals surface area contributed by atoms with E-state index in [-0.39, 0.29) is 30.0 Å². The summed E-state index contributed by atoms with van der Waals surface area (Å²) in [7, 11) is 0. The summed E-state index contributed by atoms with van der Waals surface area (Å²) < 4.78 is 40.5. The van der Waals surface area contributed by atoms with E-state index in [1.165, 1.54) is 18.2 Å². The quantitative estimate of drug-likeness (QED) is 0.534. The number of ether oxygens (including phenoxy) is 1. The van der Waals surface area contributed by atoms with E-state index in [4.69, 9.17) is 9.26 Å². The fourth-order valence-corrected chi connectivity index (χ4v) is 3.29. The third-order valence-electron chi connectivity index (χ3n) is 4.69. The predicted octanol–water partition coefficient (Wildman–Crippen LogP) is 4.15. The highest BCUT2D eigenvalue weighted by atomic mass is 19.1. The van der Waals surface area contributed by atoms with Crippen molar-refractivity contribution in [3.63, 3.8) is 0 Å². The number of halogens is 2. The maximum absolute atomic E-state index is 14.0. The van der Waals surface area contributed by atoms with Crippen LogP contribution in [-0.4, -0.2) is 19.7 Å². The molecule has 0 saturated carbocycles. The van der Waals surface area contributed by atoms with Gasteiger partial charge in [0.15, 0.2) is 5.69 Å². The van der Waals surface area contributed by atoms with E-state index in [1.807, 2.05) is 4.57 Å². The molecule has 0 radical (unpaired) electrons. The van der Waals surface area contributed by atoms with Gasteiger partial charge in [0.25, 0.3) is 5.89 Å². The minimum atomic E-state index is -0.402. The lowest BCUT2D eigenvalue weighted by Gasteiger charge is -2.25. The van der Waals surface area contributed by atoms with Crippen LogP contribution in [0.4, 0.5) is 8.78 Å². The van der Waals surface area contributed by atoms with Gasteiger partial charge in [0.2, 0.25) is 5.82 Å². The first-order valence-corrected chi connectivity index (χ1v) is 8.69. The zero-order valence-corrected chi connectivity index (χ0v) is 14.5. The number of hydrogen-bond donors (Lipinski definition) is 0. The van der Waals surface area contributed by atoms with Crippen molar-refractivity contribution >= 4 is 0 Å². The predicted molar refractivity (Wildman–Crippen MR) is 94.8 cm³/mol. The first kappa shape index (κ1) is 16.8. The Kier molecular flexibility index (Phi) is 3.98. The third-order valence-corrected chi connectivity index (χ3v) is 4.69. The van der Waals surface area contributed by atoms with Crippen molar-refractivity contribution in [2.24, 2.45) is 0 Å². The summed E-state index contributed by atoms with van der Waals surface area (Å²) >= 11 is 0. The Morgan fingerprint density at radius 3 is 2.82 bits per heavy atom. The Morgan fingerprint density at radius 2 is 1.96 bits per heavy atom.